The van der Waals surface area contributed by atoms with E-state index in [0.717, 1.165) is 37.8 Å². The third-order valence-corrected chi connectivity index (χ3v) is 6.12. The minimum absolute atomic E-state index is 0.100. The van der Waals surface area contributed by atoms with E-state index in [1.54, 1.807) is 23.6 Å². The van der Waals surface area contributed by atoms with Crippen LogP contribution in [-0.4, -0.2) is 15.5 Å². The summed E-state index contributed by atoms with van der Waals surface area (Å²) in [5, 5.41) is 2.94. The smallest absolute Gasteiger partial charge is 0.272 e. The summed E-state index contributed by atoms with van der Waals surface area (Å²) in [5.74, 6) is -0.134. The Labute approximate surface area is 195 Å². The highest BCUT2D eigenvalue weighted by molar-refractivity contribution is 9.10. The summed E-state index contributed by atoms with van der Waals surface area (Å²) in [6, 6.07) is 19.2. The van der Waals surface area contributed by atoms with Crippen LogP contribution >= 0.6 is 15.9 Å². The molecule has 0 bridgehead atoms. The van der Waals surface area contributed by atoms with Gasteiger partial charge in [-0.05, 0) is 79.4 Å². The number of rotatable bonds is 5. The molecule has 0 saturated heterocycles. The molecular formula is C26H24BrN3O2. The van der Waals surface area contributed by atoms with Gasteiger partial charge in [0.05, 0.1) is 17.6 Å². The van der Waals surface area contributed by atoms with E-state index in [9.17, 15) is 9.59 Å². The van der Waals surface area contributed by atoms with Crippen molar-refractivity contribution in [3.63, 3.8) is 0 Å². The Morgan fingerprint density at radius 3 is 2.41 bits per heavy atom. The fourth-order valence-corrected chi connectivity index (χ4v) is 4.10. The average Bonchev–Trinajstić information content (AvgIpc) is 2.77. The number of nitrogens with zero attached hydrogens (tertiary/aromatic N) is 2. The van der Waals surface area contributed by atoms with E-state index in [1.165, 1.54) is 0 Å². The lowest BCUT2D eigenvalue weighted by Crippen LogP contribution is -2.25. The van der Waals surface area contributed by atoms with Gasteiger partial charge in [-0.3, -0.25) is 9.59 Å². The van der Waals surface area contributed by atoms with Crippen LogP contribution in [0.1, 0.15) is 38.3 Å². The number of benzene rings is 3. The Kier molecular flexibility index (Phi) is 6.24. The molecule has 4 aromatic rings. The van der Waals surface area contributed by atoms with Crippen molar-refractivity contribution >= 4 is 32.9 Å². The molecule has 0 radical (unpaired) electrons. The van der Waals surface area contributed by atoms with Crippen LogP contribution in [0.25, 0.3) is 11.0 Å². The van der Waals surface area contributed by atoms with Crippen LogP contribution in [0.2, 0.25) is 0 Å². The summed E-state index contributed by atoms with van der Waals surface area (Å²) >= 11 is 3.44. The summed E-state index contributed by atoms with van der Waals surface area (Å²) in [7, 11) is 0. The first-order valence-corrected chi connectivity index (χ1v) is 11.2. The molecule has 0 atom stereocenters. The van der Waals surface area contributed by atoms with Crippen LogP contribution in [0.5, 0.6) is 0 Å². The Hall–Kier alpha value is -3.25. The zero-order chi connectivity index (χ0) is 22.8. The molecule has 4 rings (SSSR count). The van der Waals surface area contributed by atoms with Gasteiger partial charge in [-0.15, -0.1) is 0 Å². The molecule has 5 nitrogen and oxygen atoms in total. The lowest BCUT2D eigenvalue weighted by Gasteiger charge is -2.13. The average molecular weight is 490 g/mol. The number of nitrogens with one attached hydrogen (secondary N) is 1. The first-order chi connectivity index (χ1) is 15.3. The van der Waals surface area contributed by atoms with Gasteiger partial charge in [-0.1, -0.05) is 40.2 Å². The summed E-state index contributed by atoms with van der Waals surface area (Å²) in [5.41, 5.74) is 6.82. The van der Waals surface area contributed by atoms with Crippen molar-refractivity contribution in [3.8, 4) is 0 Å². The maximum atomic E-state index is 12.8. The number of carbonyl (C=O) groups is 1. The van der Waals surface area contributed by atoms with Crippen molar-refractivity contribution in [3.05, 3.63) is 109 Å². The summed E-state index contributed by atoms with van der Waals surface area (Å²) < 4.78 is 2.74. The fourth-order valence-electron chi connectivity index (χ4n) is 3.66. The zero-order valence-corrected chi connectivity index (χ0v) is 19.9. The monoisotopic (exact) mass is 489 g/mol. The third-order valence-electron chi connectivity index (χ3n) is 5.62. The zero-order valence-electron chi connectivity index (χ0n) is 18.3. The van der Waals surface area contributed by atoms with Crippen molar-refractivity contribution in [2.24, 2.45) is 0 Å². The first kappa shape index (κ1) is 22.0. The molecule has 0 unspecified atom stereocenters. The molecule has 0 spiro atoms. The second-order valence-corrected chi connectivity index (χ2v) is 8.94. The molecule has 0 aliphatic rings. The van der Waals surface area contributed by atoms with Crippen LogP contribution in [0.3, 0.4) is 0 Å². The molecule has 0 aliphatic heterocycles. The molecule has 3 aromatic carbocycles. The van der Waals surface area contributed by atoms with Gasteiger partial charge < -0.3 is 9.88 Å². The molecule has 1 aromatic heterocycles. The van der Waals surface area contributed by atoms with Gasteiger partial charge in [0.25, 0.3) is 11.5 Å². The van der Waals surface area contributed by atoms with E-state index in [1.807, 2.05) is 62.4 Å². The van der Waals surface area contributed by atoms with E-state index in [2.05, 4.69) is 26.2 Å². The SMILES string of the molecule is Cc1cc2nc(C)c(=O)n(Cc3ccc(C(=O)NCc4cccc(Br)c4)cc3)c2cc1C. The van der Waals surface area contributed by atoms with Gasteiger partial charge in [0.1, 0.15) is 5.69 Å². The molecule has 6 heteroatoms. The molecule has 0 aliphatic carbocycles. The van der Waals surface area contributed by atoms with Crippen molar-refractivity contribution < 1.29 is 4.79 Å². The summed E-state index contributed by atoms with van der Waals surface area (Å²) in [6.07, 6.45) is 0. The number of fused-ring (bicyclic) bond motifs is 1. The van der Waals surface area contributed by atoms with Gasteiger partial charge in [-0.25, -0.2) is 4.98 Å². The lowest BCUT2D eigenvalue weighted by molar-refractivity contribution is 0.0951. The van der Waals surface area contributed by atoms with Crippen LogP contribution in [0, 0.1) is 20.8 Å². The highest BCUT2D eigenvalue weighted by Gasteiger charge is 2.11. The highest BCUT2D eigenvalue weighted by Crippen LogP contribution is 2.18. The Morgan fingerprint density at radius 2 is 1.69 bits per heavy atom. The standard InChI is InChI=1S/C26H24BrN3O2/c1-16-11-23-24(12-17(16)2)30(26(32)18(3)29-23)15-19-7-9-21(10-8-19)25(31)28-14-20-5-4-6-22(27)13-20/h4-13H,14-15H2,1-3H3,(H,28,31). The number of halogens is 1. The number of aromatic nitrogens is 2. The second-order valence-electron chi connectivity index (χ2n) is 8.02. The Bertz CT molecular complexity index is 1370. The van der Waals surface area contributed by atoms with Crippen molar-refractivity contribution in [1.29, 1.82) is 0 Å². The van der Waals surface area contributed by atoms with Crippen molar-refractivity contribution in [1.82, 2.24) is 14.9 Å². The van der Waals surface area contributed by atoms with Gasteiger partial charge in [-0.2, -0.15) is 0 Å². The molecule has 1 N–H and O–H groups in total. The van der Waals surface area contributed by atoms with Crippen LogP contribution in [0.15, 0.2) is 69.9 Å². The maximum absolute atomic E-state index is 12.8. The number of carbonyl (C=O) groups excluding carboxylic acids is 1. The number of aryl methyl sites for hydroxylation is 3. The van der Waals surface area contributed by atoms with Gasteiger partial charge in [0.2, 0.25) is 0 Å². The number of hydrogen-bond donors (Lipinski definition) is 1. The van der Waals surface area contributed by atoms with Gasteiger partial charge >= 0.3 is 0 Å². The van der Waals surface area contributed by atoms with Crippen molar-refractivity contribution in [2.45, 2.75) is 33.9 Å². The summed E-state index contributed by atoms with van der Waals surface area (Å²) in [4.78, 5) is 29.8. The van der Waals surface area contributed by atoms with E-state index in [-0.39, 0.29) is 11.5 Å². The van der Waals surface area contributed by atoms with Gasteiger partial charge in [0.15, 0.2) is 0 Å². The largest absolute Gasteiger partial charge is 0.348 e. The van der Waals surface area contributed by atoms with Crippen LogP contribution < -0.4 is 10.9 Å². The lowest BCUT2D eigenvalue weighted by atomic mass is 10.1. The maximum Gasteiger partial charge on any atom is 0.272 e. The second kappa shape index (κ2) is 9.09. The van der Waals surface area contributed by atoms with Gasteiger partial charge in [0, 0.05) is 16.6 Å². The van der Waals surface area contributed by atoms with E-state index < -0.39 is 0 Å². The van der Waals surface area contributed by atoms with Crippen molar-refractivity contribution in [2.75, 3.05) is 0 Å². The number of hydrogen-bond acceptors (Lipinski definition) is 3. The topological polar surface area (TPSA) is 64.0 Å². The quantitative estimate of drug-likeness (QED) is 0.425. The first-order valence-electron chi connectivity index (χ1n) is 10.4. The molecular weight excluding hydrogens is 466 g/mol. The fraction of sp³-hybridized carbons (Fsp3) is 0.192. The molecule has 162 valence electrons. The predicted octanol–water partition coefficient (Wildman–Crippen LogP) is 5.06. The summed E-state index contributed by atoms with van der Waals surface area (Å²) in [6.45, 7) is 6.69. The third kappa shape index (κ3) is 4.65. The molecule has 0 saturated carbocycles. The minimum Gasteiger partial charge on any atom is -0.348 e. The van der Waals surface area contributed by atoms with E-state index in [4.69, 9.17) is 0 Å². The predicted molar refractivity (Wildman–Crippen MR) is 131 cm³/mol. The molecule has 32 heavy (non-hydrogen) atoms. The Balaban J connectivity index is 1.54. The highest BCUT2D eigenvalue weighted by atomic mass is 79.9. The van der Waals surface area contributed by atoms with E-state index in [0.29, 0.717) is 24.3 Å². The van der Waals surface area contributed by atoms with E-state index >= 15 is 0 Å². The molecule has 1 amide bonds. The molecule has 1 heterocycles. The minimum atomic E-state index is -0.134. The molecule has 0 fully saturated rings. The van der Waals surface area contributed by atoms with Crippen LogP contribution in [0.4, 0.5) is 0 Å². The number of amides is 1. The Morgan fingerprint density at radius 1 is 0.969 bits per heavy atom. The van der Waals surface area contributed by atoms with Crippen LogP contribution in [-0.2, 0) is 13.1 Å². The normalized spacial score (nSPS) is 11.0.